The Bertz CT molecular complexity index is 924. The van der Waals surface area contributed by atoms with Gasteiger partial charge < -0.3 is 5.32 Å². The van der Waals surface area contributed by atoms with Crippen molar-refractivity contribution in [2.45, 2.75) is 30.7 Å². The van der Waals surface area contributed by atoms with Crippen LogP contribution in [-0.2, 0) is 14.8 Å². The molecule has 9 heteroatoms. The minimum Gasteiger partial charge on any atom is -0.349 e. The molecule has 1 aromatic carbocycles. The lowest BCUT2D eigenvalue weighted by Crippen LogP contribution is -2.43. The molecule has 146 valence electrons. The van der Waals surface area contributed by atoms with Crippen LogP contribution in [0.4, 0.5) is 4.39 Å². The highest BCUT2D eigenvalue weighted by atomic mass is 35.5. The molecule has 1 aromatic heterocycles. The molecule has 2 heterocycles. The molecule has 27 heavy (non-hydrogen) atoms. The van der Waals surface area contributed by atoms with Crippen LogP contribution in [0.15, 0.2) is 41.3 Å². The molecule has 1 amide bonds. The fourth-order valence-corrected chi connectivity index (χ4v) is 5.71. The number of amides is 1. The van der Waals surface area contributed by atoms with E-state index in [4.69, 9.17) is 11.6 Å². The van der Waals surface area contributed by atoms with Crippen LogP contribution >= 0.6 is 22.9 Å². The third-order valence-electron chi connectivity index (χ3n) is 4.66. The van der Waals surface area contributed by atoms with Gasteiger partial charge in [-0.3, -0.25) is 4.79 Å². The number of thiophene rings is 1. The van der Waals surface area contributed by atoms with Gasteiger partial charge in [-0.1, -0.05) is 23.7 Å². The minimum absolute atomic E-state index is 0.102. The monoisotopic (exact) mass is 430 g/mol. The highest BCUT2D eigenvalue weighted by Gasteiger charge is 2.33. The van der Waals surface area contributed by atoms with Gasteiger partial charge in [-0.2, -0.15) is 4.31 Å². The third kappa shape index (κ3) is 4.51. The molecule has 3 rings (SSSR count). The number of halogens is 2. The van der Waals surface area contributed by atoms with Crippen LogP contribution in [0.3, 0.4) is 0 Å². The van der Waals surface area contributed by atoms with Gasteiger partial charge in [-0.25, -0.2) is 12.8 Å². The standard InChI is InChI=1S/C18H20ClFN2O3S2/c1-12(15-6-7-17(19)26-15)21-18(23)13-8-10-22(11-9-13)27(24,25)16-5-3-2-4-14(16)20/h2-7,12-13H,8-11H2,1H3,(H,21,23). The Morgan fingerprint density at radius 2 is 1.93 bits per heavy atom. The molecule has 1 unspecified atom stereocenters. The first kappa shape index (κ1) is 20.3. The molecule has 0 aliphatic carbocycles. The Labute approximate surface area is 167 Å². The van der Waals surface area contributed by atoms with E-state index in [1.165, 1.54) is 33.8 Å². The summed E-state index contributed by atoms with van der Waals surface area (Å²) in [5, 5.41) is 2.96. The van der Waals surface area contributed by atoms with Crippen LogP contribution < -0.4 is 5.32 Å². The zero-order valence-electron chi connectivity index (χ0n) is 14.7. The molecular weight excluding hydrogens is 411 g/mol. The van der Waals surface area contributed by atoms with E-state index in [0.29, 0.717) is 17.2 Å². The number of nitrogens with one attached hydrogen (secondary N) is 1. The molecule has 1 atom stereocenters. The summed E-state index contributed by atoms with van der Waals surface area (Å²) in [5.74, 6) is -1.13. The molecule has 1 aliphatic heterocycles. The molecule has 1 fully saturated rings. The lowest BCUT2D eigenvalue weighted by Gasteiger charge is -2.31. The first-order valence-corrected chi connectivity index (χ1v) is 11.2. The topological polar surface area (TPSA) is 66.5 Å². The Morgan fingerprint density at radius 3 is 2.52 bits per heavy atom. The number of hydrogen-bond acceptors (Lipinski definition) is 4. The van der Waals surface area contributed by atoms with E-state index in [0.717, 1.165) is 10.9 Å². The third-order valence-corrected chi connectivity index (χ3v) is 8.00. The van der Waals surface area contributed by atoms with Gasteiger partial charge in [0.05, 0.1) is 10.4 Å². The number of rotatable bonds is 5. The molecule has 5 nitrogen and oxygen atoms in total. The van der Waals surface area contributed by atoms with Crippen molar-refractivity contribution >= 4 is 38.9 Å². The van der Waals surface area contributed by atoms with E-state index in [9.17, 15) is 17.6 Å². The fraction of sp³-hybridized carbons (Fsp3) is 0.389. The molecule has 1 saturated heterocycles. The van der Waals surface area contributed by atoms with Crippen molar-refractivity contribution in [2.75, 3.05) is 13.1 Å². The van der Waals surface area contributed by atoms with E-state index in [-0.39, 0.29) is 35.9 Å². The van der Waals surface area contributed by atoms with Crippen molar-refractivity contribution in [3.05, 3.63) is 51.4 Å². The van der Waals surface area contributed by atoms with E-state index < -0.39 is 15.8 Å². The first-order chi connectivity index (χ1) is 12.8. The van der Waals surface area contributed by atoms with Crippen LogP contribution in [0.5, 0.6) is 0 Å². The second-order valence-electron chi connectivity index (χ2n) is 6.48. The Balaban J connectivity index is 1.60. The maximum Gasteiger partial charge on any atom is 0.245 e. The minimum atomic E-state index is -3.89. The van der Waals surface area contributed by atoms with Crippen LogP contribution in [-0.4, -0.2) is 31.7 Å². The summed E-state index contributed by atoms with van der Waals surface area (Å²) in [6.07, 6.45) is 0.800. The highest BCUT2D eigenvalue weighted by Crippen LogP contribution is 2.28. The van der Waals surface area contributed by atoms with Crippen LogP contribution in [0.1, 0.15) is 30.7 Å². The zero-order chi connectivity index (χ0) is 19.6. The Hall–Kier alpha value is -1.48. The van der Waals surface area contributed by atoms with Gasteiger partial charge in [-0.05, 0) is 44.0 Å². The molecular formula is C18H20ClFN2O3S2. The van der Waals surface area contributed by atoms with Crippen LogP contribution in [0.2, 0.25) is 4.34 Å². The molecule has 1 aliphatic rings. The number of carbonyl (C=O) groups excluding carboxylic acids is 1. The highest BCUT2D eigenvalue weighted by molar-refractivity contribution is 7.89. The van der Waals surface area contributed by atoms with Gasteiger partial charge in [0, 0.05) is 23.9 Å². The largest absolute Gasteiger partial charge is 0.349 e. The number of benzene rings is 1. The Morgan fingerprint density at radius 1 is 1.26 bits per heavy atom. The molecule has 0 radical (unpaired) electrons. The Kier molecular flexibility index (Phi) is 6.20. The maximum absolute atomic E-state index is 13.9. The number of hydrogen-bond donors (Lipinski definition) is 1. The maximum atomic E-state index is 13.9. The van der Waals surface area contributed by atoms with Gasteiger partial charge >= 0.3 is 0 Å². The summed E-state index contributed by atoms with van der Waals surface area (Å²) in [5.41, 5.74) is 0. The van der Waals surface area contributed by atoms with Crippen molar-refractivity contribution in [1.82, 2.24) is 9.62 Å². The summed E-state index contributed by atoms with van der Waals surface area (Å²) < 4.78 is 41.0. The van der Waals surface area contributed by atoms with Crippen molar-refractivity contribution < 1.29 is 17.6 Å². The summed E-state index contributed by atoms with van der Waals surface area (Å²) in [4.78, 5) is 13.1. The molecule has 1 N–H and O–H groups in total. The van der Waals surface area contributed by atoms with Gasteiger partial charge in [0.1, 0.15) is 10.7 Å². The summed E-state index contributed by atoms with van der Waals surface area (Å²) in [6, 6.07) is 8.84. The average Bonchev–Trinajstić information content (AvgIpc) is 3.08. The quantitative estimate of drug-likeness (QED) is 0.784. The van der Waals surface area contributed by atoms with Gasteiger partial charge in [-0.15, -0.1) is 11.3 Å². The summed E-state index contributed by atoms with van der Waals surface area (Å²) >= 11 is 7.34. The lowest BCUT2D eigenvalue weighted by molar-refractivity contribution is -0.126. The van der Waals surface area contributed by atoms with Gasteiger partial charge in [0.2, 0.25) is 15.9 Å². The lowest BCUT2D eigenvalue weighted by atomic mass is 9.97. The van der Waals surface area contributed by atoms with Gasteiger partial charge in [0.25, 0.3) is 0 Å². The molecule has 2 aromatic rings. The predicted octanol–water partition coefficient (Wildman–Crippen LogP) is 3.82. The van der Waals surface area contributed by atoms with E-state index >= 15 is 0 Å². The van der Waals surface area contributed by atoms with Gasteiger partial charge in [0.15, 0.2) is 0 Å². The number of piperidine rings is 1. The smallest absolute Gasteiger partial charge is 0.245 e. The molecule has 0 bridgehead atoms. The number of carbonyl (C=O) groups is 1. The second-order valence-corrected chi connectivity index (χ2v) is 10.1. The van der Waals surface area contributed by atoms with E-state index in [2.05, 4.69) is 5.32 Å². The zero-order valence-corrected chi connectivity index (χ0v) is 17.1. The van der Waals surface area contributed by atoms with Crippen molar-refractivity contribution in [3.8, 4) is 0 Å². The first-order valence-electron chi connectivity index (χ1n) is 8.59. The average molecular weight is 431 g/mol. The van der Waals surface area contributed by atoms with Crippen molar-refractivity contribution in [1.29, 1.82) is 0 Å². The second kappa shape index (κ2) is 8.26. The van der Waals surface area contributed by atoms with Crippen LogP contribution in [0.25, 0.3) is 0 Å². The predicted molar refractivity (Wildman–Crippen MR) is 104 cm³/mol. The molecule has 0 spiro atoms. The van der Waals surface area contributed by atoms with Crippen molar-refractivity contribution in [3.63, 3.8) is 0 Å². The molecule has 0 saturated carbocycles. The summed E-state index contributed by atoms with van der Waals surface area (Å²) in [7, 11) is -3.89. The fourth-order valence-electron chi connectivity index (χ4n) is 3.11. The normalized spacial score (nSPS) is 17.6. The SMILES string of the molecule is CC(NC(=O)C1CCN(S(=O)(=O)c2ccccc2F)CC1)c1ccc(Cl)s1. The number of nitrogens with zero attached hydrogens (tertiary/aromatic N) is 1. The van der Waals surface area contributed by atoms with E-state index in [1.807, 2.05) is 13.0 Å². The summed E-state index contributed by atoms with van der Waals surface area (Å²) in [6.45, 7) is 2.26. The van der Waals surface area contributed by atoms with Crippen molar-refractivity contribution in [2.24, 2.45) is 5.92 Å². The van der Waals surface area contributed by atoms with E-state index in [1.54, 1.807) is 6.07 Å². The number of sulfonamides is 1. The van der Waals surface area contributed by atoms with Crippen LogP contribution in [0, 0.1) is 11.7 Å².